The van der Waals surface area contributed by atoms with Crippen LogP contribution in [0.4, 0.5) is 0 Å². The molecule has 0 aliphatic heterocycles. The number of nitrogens with zero attached hydrogens (tertiary/aromatic N) is 1. The largest absolute Gasteiger partial charge is 0.493 e. The maximum atomic E-state index is 13.0. The van der Waals surface area contributed by atoms with Crippen molar-refractivity contribution < 1.29 is 19.1 Å². The van der Waals surface area contributed by atoms with Crippen LogP contribution in [-0.4, -0.2) is 35.7 Å². The average Bonchev–Trinajstić information content (AvgIpc) is 3.06. The predicted molar refractivity (Wildman–Crippen MR) is 120 cm³/mol. The second-order valence-corrected chi connectivity index (χ2v) is 7.60. The number of aromatic nitrogens is 1. The van der Waals surface area contributed by atoms with Crippen molar-refractivity contribution in [1.82, 2.24) is 9.88 Å². The first-order valence-corrected chi connectivity index (χ1v) is 10.1. The first kappa shape index (κ1) is 22.2. The van der Waals surface area contributed by atoms with Gasteiger partial charge in [0, 0.05) is 24.8 Å². The summed E-state index contributed by atoms with van der Waals surface area (Å²) >= 11 is 0. The van der Waals surface area contributed by atoms with E-state index in [1.807, 2.05) is 48.5 Å². The summed E-state index contributed by atoms with van der Waals surface area (Å²) in [5, 5.41) is 0. The molecule has 0 radical (unpaired) electrons. The fraction of sp³-hybridized carbons (Fsp3) is 0.280. The van der Waals surface area contributed by atoms with Gasteiger partial charge in [-0.1, -0.05) is 36.4 Å². The van der Waals surface area contributed by atoms with Crippen LogP contribution in [0.1, 0.15) is 50.2 Å². The molecule has 0 unspecified atom stereocenters. The molecule has 0 spiro atoms. The number of methoxy groups -OCH3 is 1. The van der Waals surface area contributed by atoms with Gasteiger partial charge in [0.2, 0.25) is 0 Å². The molecule has 0 saturated heterocycles. The van der Waals surface area contributed by atoms with Gasteiger partial charge in [-0.05, 0) is 49.6 Å². The molecule has 6 nitrogen and oxygen atoms in total. The lowest BCUT2D eigenvalue weighted by Crippen LogP contribution is -2.27. The summed E-state index contributed by atoms with van der Waals surface area (Å²) in [6, 6.07) is 15.6. The number of ketones is 1. The summed E-state index contributed by atoms with van der Waals surface area (Å²) < 4.78 is 11.4. The third kappa shape index (κ3) is 4.97. The van der Waals surface area contributed by atoms with Crippen molar-refractivity contribution in [3.05, 3.63) is 82.2 Å². The van der Waals surface area contributed by atoms with Gasteiger partial charge in [0.15, 0.2) is 17.3 Å². The van der Waals surface area contributed by atoms with Gasteiger partial charge >= 0.3 is 0 Å². The Hall–Kier alpha value is -3.54. The zero-order valence-corrected chi connectivity index (χ0v) is 18.6. The zero-order valence-electron chi connectivity index (χ0n) is 18.6. The normalized spacial score (nSPS) is 10.6. The van der Waals surface area contributed by atoms with Gasteiger partial charge in [-0.15, -0.1) is 0 Å². The number of ether oxygens (including phenoxy) is 2. The van der Waals surface area contributed by atoms with Crippen molar-refractivity contribution >= 4 is 11.7 Å². The van der Waals surface area contributed by atoms with Gasteiger partial charge in [-0.2, -0.15) is 0 Å². The summed E-state index contributed by atoms with van der Waals surface area (Å²) in [6.45, 7) is 5.94. The number of aromatic amines is 1. The van der Waals surface area contributed by atoms with Gasteiger partial charge in [-0.25, -0.2) is 0 Å². The number of benzene rings is 2. The van der Waals surface area contributed by atoms with Crippen LogP contribution in [0, 0.1) is 13.8 Å². The van der Waals surface area contributed by atoms with Gasteiger partial charge in [0.05, 0.1) is 7.11 Å². The molecule has 2 aromatic carbocycles. The fourth-order valence-corrected chi connectivity index (χ4v) is 3.69. The van der Waals surface area contributed by atoms with Crippen LogP contribution in [0.15, 0.2) is 48.5 Å². The van der Waals surface area contributed by atoms with E-state index in [0.29, 0.717) is 47.2 Å². The van der Waals surface area contributed by atoms with E-state index in [2.05, 4.69) is 4.98 Å². The molecule has 6 heteroatoms. The lowest BCUT2D eigenvalue weighted by Gasteiger charge is -2.18. The third-order valence-electron chi connectivity index (χ3n) is 5.24. The molecule has 3 rings (SSSR count). The Balaban J connectivity index is 1.72. The third-order valence-corrected chi connectivity index (χ3v) is 5.24. The monoisotopic (exact) mass is 420 g/mol. The molecule has 0 aliphatic rings. The molecule has 1 aromatic heterocycles. The van der Waals surface area contributed by atoms with Crippen molar-refractivity contribution in [2.24, 2.45) is 0 Å². The number of Topliss-reactive ketones (excluding diaryl/α,β-unsaturated/α-hetero) is 1. The summed E-state index contributed by atoms with van der Waals surface area (Å²) in [5.74, 6) is 1.03. The molecular weight excluding hydrogens is 392 g/mol. The van der Waals surface area contributed by atoms with Crippen LogP contribution < -0.4 is 9.47 Å². The van der Waals surface area contributed by atoms with Gasteiger partial charge in [0.25, 0.3) is 5.91 Å². The smallest absolute Gasteiger partial charge is 0.270 e. The van der Waals surface area contributed by atoms with Crippen LogP contribution in [0.5, 0.6) is 11.5 Å². The van der Waals surface area contributed by atoms with Crippen LogP contribution in [0.25, 0.3) is 0 Å². The van der Waals surface area contributed by atoms with Crippen molar-refractivity contribution in [3.8, 4) is 11.5 Å². The lowest BCUT2D eigenvalue weighted by atomic mass is 10.1. The first-order chi connectivity index (χ1) is 14.8. The minimum atomic E-state index is -0.170. The molecule has 1 N–H and O–H groups in total. The number of H-pyrrole nitrogens is 1. The molecule has 0 fully saturated rings. The van der Waals surface area contributed by atoms with E-state index in [1.165, 1.54) is 6.92 Å². The summed E-state index contributed by atoms with van der Waals surface area (Å²) in [6.07, 6.45) is 0. The van der Waals surface area contributed by atoms with Crippen LogP contribution in [0.3, 0.4) is 0 Å². The molecule has 3 aromatic rings. The summed E-state index contributed by atoms with van der Waals surface area (Å²) in [5.41, 5.74) is 4.40. The van der Waals surface area contributed by atoms with Crippen LogP contribution in [0.2, 0.25) is 0 Å². The number of rotatable bonds is 8. The van der Waals surface area contributed by atoms with Gasteiger partial charge in [0.1, 0.15) is 12.3 Å². The highest BCUT2D eigenvalue weighted by Crippen LogP contribution is 2.29. The molecular formula is C25H28N2O4. The van der Waals surface area contributed by atoms with E-state index in [4.69, 9.17) is 9.47 Å². The molecule has 0 bridgehead atoms. The fourth-order valence-electron chi connectivity index (χ4n) is 3.69. The maximum absolute atomic E-state index is 13.0. The second-order valence-electron chi connectivity index (χ2n) is 7.60. The molecule has 0 atom stereocenters. The summed E-state index contributed by atoms with van der Waals surface area (Å²) in [4.78, 5) is 29.5. The Kier molecular flexibility index (Phi) is 6.80. The van der Waals surface area contributed by atoms with E-state index >= 15 is 0 Å². The van der Waals surface area contributed by atoms with Gasteiger partial charge in [-0.3, -0.25) is 9.59 Å². The SMILES string of the molecule is COc1cc(CN(C)C(=O)c2[nH]c(C)c(C(C)=O)c2C)ccc1OCc1ccccc1. The van der Waals surface area contributed by atoms with Crippen LogP contribution in [-0.2, 0) is 13.2 Å². The first-order valence-electron chi connectivity index (χ1n) is 10.1. The van der Waals surface area contributed by atoms with E-state index in [0.717, 1.165) is 11.1 Å². The van der Waals surface area contributed by atoms with E-state index in [9.17, 15) is 9.59 Å². The number of aryl methyl sites for hydroxylation is 1. The van der Waals surface area contributed by atoms with Crippen molar-refractivity contribution in [2.45, 2.75) is 33.9 Å². The molecule has 31 heavy (non-hydrogen) atoms. The average molecular weight is 421 g/mol. The highest BCUT2D eigenvalue weighted by atomic mass is 16.5. The minimum absolute atomic E-state index is 0.0521. The van der Waals surface area contributed by atoms with Crippen molar-refractivity contribution in [1.29, 1.82) is 0 Å². The molecule has 1 amide bonds. The Morgan fingerprint density at radius 1 is 1.00 bits per heavy atom. The number of hydrogen-bond acceptors (Lipinski definition) is 4. The number of hydrogen-bond donors (Lipinski definition) is 1. The lowest BCUT2D eigenvalue weighted by molar-refractivity contribution is 0.0779. The highest BCUT2D eigenvalue weighted by Gasteiger charge is 2.22. The quantitative estimate of drug-likeness (QED) is 0.537. The molecule has 1 heterocycles. The second kappa shape index (κ2) is 9.51. The number of carbonyl (C=O) groups excluding carboxylic acids is 2. The molecule has 0 saturated carbocycles. The predicted octanol–water partition coefficient (Wildman–Crippen LogP) is 4.69. The zero-order chi connectivity index (χ0) is 22.5. The Labute approximate surface area is 182 Å². The number of amides is 1. The van der Waals surface area contributed by atoms with E-state index in [1.54, 1.807) is 32.9 Å². The van der Waals surface area contributed by atoms with Gasteiger partial charge < -0.3 is 19.4 Å². The van der Waals surface area contributed by atoms with Crippen LogP contribution >= 0.6 is 0 Å². The van der Waals surface area contributed by atoms with E-state index < -0.39 is 0 Å². The highest BCUT2D eigenvalue weighted by molar-refractivity contribution is 6.02. The standard InChI is InChI=1S/C25H28N2O4/c1-16-23(18(3)28)17(2)26-24(16)25(29)27(4)14-20-11-12-21(22(13-20)30-5)31-15-19-9-7-6-8-10-19/h6-13,26H,14-15H2,1-5H3. The van der Waals surface area contributed by atoms with Crippen molar-refractivity contribution in [3.63, 3.8) is 0 Å². The maximum Gasteiger partial charge on any atom is 0.270 e. The number of nitrogens with one attached hydrogen (secondary N) is 1. The minimum Gasteiger partial charge on any atom is -0.493 e. The molecule has 0 aliphatic carbocycles. The molecule has 162 valence electrons. The Morgan fingerprint density at radius 3 is 2.32 bits per heavy atom. The summed E-state index contributed by atoms with van der Waals surface area (Å²) in [7, 11) is 3.33. The topological polar surface area (TPSA) is 71.6 Å². The Bertz CT molecular complexity index is 1090. The number of carbonyl (C=O) groups is 2. The van der Waals surface area contributed by atoms with Crippen molar-refractivity contribution in [2.75, 3.05) is 14.2 Å². The Morgan fingerprint density at radius 2 is 1.71 bits per heavy atom. The van der Waals surface area contributed by atoms with E-state index in [-0.39, 0.29) is 11.7 Å².